The van der Waals surface area contributed by atoms with Gasteiger partial charge in [0.1, 0.15) is 6.61 Å². The van der Waals surface area contributed by atoms with Crippen molar-refractivity contribution in [3.8, 4) is 11.5 Å². The lowest BCUT2D eigenvalue weighted by atomic mass is 10.2. The third-order valence-corrected chi connectivity index (χ3v) is 5.13. The van der Waals surface area contributed by atoms with Gasteiger partial charge in [0.15, 0.2) is 16.7 Å². The van der Waals surface area contributed by atoms with Crippen LogP contribution in [0.2, 0.25) is 0 Å². The number of rotatable bonds is 6. The van der Waals surface area contributed by atoms with Gasteiger partial charge in [-0.3, -0.25) is 4.79 Å². The summed E-state index contributed by atoms with van der Waals surface area (Å²) in [5.74, 6) is 1.49. The molecule has 0 aliphatic carbocycles. The van der Waals surface area contributed by atoms with Crippen LogP contribution >= 0.6 is 27.7 Å². The minimum Gasteiger partial charge on any atom is -0.493 e. The number of carbonyl (C=O) groups is 1. The SMILES string of the molecule is COc1cccc(C=NN=C2NC(=O)CS2)c1OCc1ccccc1Br. The standard InChI is InChI=1S/C18H16BrN3O3S/c1-24-15-8-4-6-12(9-20-22-18-21-16(23)11-26-18)17(15)25-10-13-5-2-3-7-14(13)19/h2-9H,10-11H2,1H3,(H,21,22,23). The van der Waals surface area contributed by atoms with Gasteiger partial charge in [0.2, 0.25) is 5.91 Å². The van der Waals surface area contributed by atoms with Gasteiger partial charge in [-0.15, -0.1) is 5.10 Å². The Morgan fingerprint density at radius 3 is 2.85 bits per heavy atom. The molecule has 0 radical (unpaired) electrons. The predicted molar refractivity (Wildman–Crippen MR) is 107 cm³/mol. The molecule has 26 heavy (non-hydrogen) atoms. The summed E-state index contributed by atoms with van der Waals surface area (Å²) in [6.45, 7) is 0.378. The Bertz CT molecular complexity index is 871. The highest BCUT2D eigenvalue weighted by Gasteiger charge is 2.16. The first-order valence-corrected chi connectivity index (χ1v) is 9.52. The highest BCUT2D eigenvalue weighted by Crippen LogP contribution is 2.31. The number of hydrogen-bond donors (Lipinski definition) is 1. The molecule has 1 aliphatic rings. The van der Waals surface area contributed by atoms with E-state index in [0.29, 0.717) is 29.0 Å². The number of amidine groups is 1. The summed E-state index contributed by atoms with van der Waals surface area (Å²) in [6, 6.07) is 13.4. The van der Waals surface area contributed by atoms with Crippen molar-refractivity contribution < 1.29 is 14.3 Å². The summed E-state index contributed by atoms with van der Waals surface area (Å²) < 4.78 is 12.4. The van der Waals surface area contributed by atoms with Crippen molar-refractivity contribution in [1.82, 2.24) is 5.32 Å². The molecule has 1 amide bonds. The minimum absolute atomic E-state index is 0.0669. The van der Waals surface area contributed by atoms with Crippen molar-refractivity contribution in [2.45, 2.75) is 6.61 Å². The van der Waals surface area contributed by atoms with Crippen LogP contribution in [0.1, 0.15) is 11.1 Å². The lowest BCUT2D eigenvalue weighted by Crippen LogP contribution is -2.19. The van der Waals surface area contributed by atoms with Crippen molar-refractivity contribution in [3.63, 3.8) is 0 Å². The third-order valence-electron chi connectivity index (χ3n) is 3.49. The van der Waals surface area contributed by atoms with E-state index >= 15 is 0 Å². The van der Waals surface area contributed by atoms with E-state index in [9.17, 15) is 4.79 Å². The molecule has 8 heteroatoms. The van der Waals surface area contributed by atoms with Crippen molar-refractivity contribution in [2.24, 2.45) is 10.2 Å². The largest absolute Gasteiger partial charge is 0.493 e. The van der Waals surface area contributed by atoms with Gasteiger partial charge >= 0.3 is 0 Å². The average Bonchev–Trinajstić information content (AvgIpc) is 3.06. The molecule has 1 fully saturated rings. The number of ether oxygens (including phenoxy) is 2. The fourth-order valence-corrected chi connectivity index (χ4v) is 3.27. The number of methoxy groups -OCH3 is 1. The van der Waals surface area contributed by atoms with E-state index in [1.165, 1.54) is 11.8 Å². The smallest absolute Gasteiger partial charge is 0.236 e. The zero-order valence-corrected chi connectivity index (χ0v) is 16.3. The van der Waals surface area contributed by atoms with Crippen LogP contribution < -0.4 is 14.8 Å². The van der Waals surface area contributed by atoms with Gasteiger partial charge in [-0.2, -0.15) is 5.10 Å². The Hall–Kier alpha value is -2.32. The molecule has 3 rings (SSSR count). The summed E-state index contributed by atoms with van der Waals surface area (Å²) in [4.78, 5) is 11.2. The topological polar surface area (TPSA) is 72.3 Å². The molecule has 2 aromatic carbocycles. The minimum atomic E-state index is -0.0669. The zero-order chi connectivity index (χ0) is 18.4. The third kappa shape index (κ3) is 4.64. The fourth-order valence-electron chi connectivity index (χ4n) is 2.24. The van der Waals surface area contributed by atoms with Crippen LogP contribution in [0.4, 0.5) is 0 Å². The number of benzene rings is 2. The molecule has 1 aliphatic heterocycles. The van der Waals surface area contributed by atoms with Crippen LogP contribution in [0.15, 0.2) is 57.1 Å². The number of nitrogens with zero attached hydrogens (tertiary/aromatic N) is 2. The summed E-state index contributed by atoms with van der Waals surface area (Å²) in [6.07, 6.45) is 1.58. The number of nitrogens with one attached hydrogen (secondary N) is 1. The maximum Gasteiger partial charge on any atom is 0.236 e. The van der Waals surface area contributed by atoms with Crippen LogP contribution in [0, 0.1) is 0 Å². The molecule has 134 valence electrons. The second kappa shape index (κ2) is 8.86. The van der Waals surface area contributed by atoms with E-state index in [0.717, 1.165) is 15.6 Å². The average molecular weight is 434 g/mol. The van der Waals surface area contributed by atoms with Gasteiger partial charge in [-0.05, 0) is 18.2 Å². The quantitative estimate of drug-likeness (QED) is 0.557. The lowest BCUT2D eigenvalue weighted by molar-refractivity contribution is -0.116. The second-order valence-electron chi connectivity index (χ2n) is 5.25. The maximum absolute atomic E-state index is 11.2. The van der Waals surface area contributed by atoms with E-state index in [1.807, 2.05) is 42.5 Å². The van der Waals surface area contributed by atoms with E-state index in [1.54, 1.807) is 13.3 Å². The number of amides is 1. The van der Waals surface area contributed by atoms with Gasteiger partial charge in [0.05, 0.1) is 19.1 Å². The Balaban J connectivity index is 1.79. The van der Waals surface area contributed by atoms with Crippen LogP contribution in [0.25, 0.3) is 0 Å². The Morgan fingerprint density at radius 2 is 2.12 bits per heavy atom. The van der Waals surface area contributed by atoms with Crippen molar-refractivity contribution in [1.29, 1.82) is 0 Å². The molecule has 0 aromatic heterocycles. The van der Waals surface area contributed by atoms with Crippen LogP contribution in [0.3, 0.4) is 0 Å². The normalized spacial score (nSPS) is 15.5. The predicted octanol–water partition coefficient (Wildman–Crippen LogP) is 3.59. The van der Waals surface area contributed by atoms with Gasteiger partial charge in [0.25, 0.3) is 0 Å². The van der Waals surface area contributed by atoms with Crippen molar-refractivity contribution in [2.75, 3.05) is 12.9 Å². The molecule has 1 heterocycles. The van der Waals surface area contributed by atoms with Crippen molar-refractivity contribution in [3.05, 3.63) is 58.1 Å². The van der Waals surface area contributed by atoms with Gasteiger partial charge in [0, 0.05) is 15.6 Å². The molecule has 6 nitrogen and oxygen atoms in total. The molecule has 1 saturated heterocycles. The monoisotopic (exact) mass is 433 g/mol. The molecule has 2 aromatic rings. The van der Waals surface area contributed by atoms with Crippen LogP contribution in [-0.4, -0.2) is 30.2 Å². The first-order valence-electron chi connectivity index (χ1n) is 7.74. The molecular weight excluding hydrogens is 418 g/mol. The Kier molecular flexibility index (Phi) is 6.30. The number of halogens is 1. The number of para-hydroxylation sites is 1. The fraction of sp³-hybridized carbons (Fsp3) is 0.167. The Morgan fingerprint density at radius 1 is 1.27 bits per heavy atom. The highest BCUT2D eigenvalue weighted by atomic mass is 79.9. The van der Waals surface area contributed by atoms with Gasteiger partial charge in [-0.1, -0.05) is 52.0 Å². The van der Waals surface area contributed by atoms with Crippen LogP contribution in [0.5, 0.6) is 11.5 Å². The first-order chi connectivity index (χ1) is 12.7. The second-order valence-corrected chi connectivity index (χ2v) is 7.06. The zero-order valence-electron chi connectivity index (χ0n) is 13.9. The van der Waals surface area contributed by atoms with E-state index in [4.69, 9.17) is 9.47 Å². The highest BCUT2D eigenvalue weighted by molar-refractivity contribution is 9.10. The number of carbonyl (C=O) groups excluding carboxylic acids is 1. The molecule has 0 atom stereocenters. The molecule has 0 spiro atoms. The summed E-state index contributed by atoms with van der Waals surface area (Å²) in [7, 11) is 1.59. The van der Waals surface area contributed by atoms with Crippen LogP contribution in [-0.2, 0) is 11.4 Å². The molecule has 0 saturated carbocycles. The summed E-state index contributed by atoms with van der Waals surface area (Å²) >= 11 is 4.84. The van der Waals surface area contributed by atoms with Gasteiger partial charge in [-0.25, -0.2) is 0 Å². The molecule has 0 bridgehead atoms. The number of hydrogen-bond acceptors (Lipinski definition) is 6. The molecule has 0 unspecified atom stereocenters. The summed E-state index contributed by atoms with van der Waals surface area (Å²) in [5.41, 5.74) is 1.75. The number of thioether (sulfide) groups is 1. The maximum atomic E-state index is 11.2. The summed E-state index contributed by atoms with van der Waals surface area (Å²) in [5, 5.41) is 11.2. The van der Waals surface area contributed by atoms with E-state index in [2.05, 4.69) is 31.4 Å². The van der Waals surface area contributed by atoms with E-state index in [-0.39, 0.29) is 5.91 Å². The molecule has 1 N–H and O–H groups in total. The Labute approximate surface area is 163 Å². The van der Waals surface area contributed by atoms with Gasteiger partial charge < -0.3 is 14.8 Å². The van der Waals surface area contributed by atoms with Crippen molar-refractivity contribution >= 4 is 45.0 Å². The lowest BCUT2D eigenvalue weighted by Gasteiger charge is -2.13. The van der Waals surface area contributed by atoms with E-state index < -0.39 is 0 Å². The first kappa shape index (κ1) is 18.5. The molecular formula is C18H16BrN3O3S.